The number of aliphatic hydroxyl groups is 1. The summed E-state index contributed by atoms with van der Waals surface area (Å²) in [7, 11) is 1.57. The highest BCUT2D eigenvalue weighted by molar-refractivity contribution is 5.29. The molecule has 1 aromatic heterocycles. The highest BCUT2D eigenvalue weighted by atomic mass is 16.5. The van der Waals surface area contributed by atoms with Crippen LogP contribution in [0.15, 0.2) is 41.5 Å². The largest absolute Gasteiger partial charge is 0.497 e. The average Bonchev–Trinajstić information content (AvgIpc) is 2.48. The van der Waals surface area contributed by atoms with Gasteiger partial charge in [0.15, 0.2) is 0 Å². The molecule has 5 nitrogen and oxygen atoms in total. The van der Waals surface area contributed by atoms with Crippen LogP contribution in [-0.4, -0.2) is 21.8 Å². The molecular formula is C17H22N2O3. The monoisotopic (exact) mass is 302 g/mol. The van der Waals surface area contributed by atoms with Crippen molar-refractivity contribution in [2.45, 2.75) is 38.8 Å². The van der Waals surface area contributed by atoms with Crippen LogP contribution in [-0.2, 0) is 12.0 Å². The van der Waals surface area contributed by atoms with Crippen LogP contribution in [0, 0.1) is 0 Å². The molecule has 0 fully saturated rings. The molecule has 0 radical (unpaired) electrons. The lowest BCUT2D eigenvalue weighted by Crippen LogP contribution is -2.26. The normalized spacial score (nSPS) is 13.0. The van der Waals surface area contributed by atoms with Crippen LogP contribution in [0.25, 0.3) is 0 Å². The van der Waals surface area contributed by atoms with Crippen LogP contribution in [0.2, 0.25) is 0 Å². The minimum atomic E-state index is -0.796. The number of methoxy groups -OCH3 is 1. The van der Waals surface area contributed by atoms with E-state index in [9.17, 15) is 9.90 Å². The van der Waals surface area contributed by atoms with Crippen molar-refractivity contribution in [1.82, 2.24) is 9.55 Å². The molecule has 1 aromatic carbocycles. The molecule has 2 aromatic rings. The molecule has 1 unspecified atom stereocenters. The van der Waals surface area contributed by atoms with Gasteiger partial charge in [0.1, 0.15) is 5.75 Å². The van der Waals surface area contributed by atoms with Gasteiger partial charge >= 0.3 is 0 Å². The van der Waals surface area contributed by atoms with Crippen molar-refractivity contribution < 1.29 is 9.84 Å². The predicted molar refractivity (Wildman–Crippen MR) is 85.2 cm³/mol. The number of aliphatic hydroxyl groups excluding tert-OH is 1. The van der Waals surface area contributed by atoms with Gasteiger partial charge in [-0.2, -0.15) is 0 Å². The van der Waals surface area contributed by atoms with E-state index in [0.29, 0.717) is 11.3 Å². The zero-order chi connectivity index (χ0) is 16.3. The molecule has 0 amide bonds. The van der Waals surface area contributed by atoms with E-state index in [-0.39, 0.29) is 17.5 Å². The first-order valence-electron chi connectivity index (χ1n) is 7.20. The van der Waals surface area contributed by atoms with Crippen molar-refractivity contribution in [3.05, 3.63) is 58.3 Å². The molecule has 0 aliphatic heterocycles. The molecule has 0 aliphatic carbocycles. The average molecular weight is 302 g/mol. The SMILES string of the molecule is COc1cccc(C(O)Cn2cnc(C(C)(C)C)cc2=O)c1. The molecule has 0 saturated heterocycles. The van der Waals surface area contributed by atoms with Crippen molar-refractivity contribution in [2.24, 2.45) is 0 Å². The van der Waals surface area contributed by atoms with Gasteiger partial charge in [0, 0.05) is 11.5 Å². The molecule has 0 saturated carbocycles. The van der Waals surface area contributed by atoms with E-state index < -0.39 is 6.10 Å². The fourth-order valence-corrected chi connectivity index (χ4v) is 2.11. The first-order chi connectivity index (χ1) is 10.3. The lowest BCUT2D eigenvalue weighted by atomic mass is 9.92. The summed E-state index contributed by atoms with van der Waals surface area (Å²) in [5.74, 6) is 0.671. The van der Waals surface area contributed by atoms with E-state index in [1.54, 1.807) is 25.3 Å². The minimum absolute atomic E-state index is 0.156. The maximum Gasteiger partial charge on any atom is 0.253 e. The van der Waals surface area contributed by atoms with Crippen LogP contribution >= 0.6 is 0 Å². The fraction of sp³-hybridized carbons (Fsp3) is 0.412. The Balaban J connectivity index is 2.21. The predicted octanol–water partition coefficient (Wildman–Crippen LogP) is 2.28. The van der Waals surface area contributed by atoms with E-state index in [4.69, 9.17) is 4.74 Å². The van der Waals surface area contributed by atoms with E-state index in [1.807, 2.05) is 26.8 Å². The molecule has 118 valence electrons. The Morgan fingerprint density at radius 3 is 2.64 bits per heavy atom. The number of ether oxygens (including phenoxy) is 1. The van der Waals surface area contributed by atoms with Crippen LogP contribution in [0.1, 0.15) is 38.1 Å². The molecule has 1 atom stereocenters. The third kappa shape index (κ3) is 3.74. The summed E-state index contributed by atoms with van der Waals surface area (Å²) in [4.78, 5) is 16.5. The van der Waals surface area contributed by atoms with E-state index >= 15 is 0 Å². The topological polar surface area (TPSA) is 64.3 Å². The maximum absolute atomic E-state index is 12.2. The van der Waals surface area contributed by atoms with Crippen molar-refractivity contribution in [3.63, 3.8) is 0 Å². The van der Waals surface area contributed by atoms with Gasteiger partial charge in [0.25, 0.3) is 5.56 Å². The van der Waals surface area contributed by atoms with Crippen LogP contribution in [0.4, 0.5) is 0 Å². The van der Waals surface area contributed by atoms with Crippen molar-refractivity contribution in [1.29, 1.82) is 0 Å². The van der Waals surface area contributed by atoms with Crippen molar-refractivity contribution in [2.75, 3.05) is 7.11 Å². The zero-order valence-corrected chi connectivity index (χ0v) is 13.4. The van der Waals surface area contributed by atoms with Crippen molar-refractivity contribution in [3.8, 4) is 5.75 Å². The smallest absolute Gasteiger partial charge is 0.253 e. The summed E-state index contributed by atoms with van der Waals surface area (Å²) in [5, 5.41) is 10.3. The third-order valence-corrected chi connectivity index (χ3v) is 3.50. The van der Waals surface area contributed by atoms with Gasteiger partial charge in [-0.3, -0.25) is 9.36 Å². The quantitative estimate of drug-likeness (QED) is 0.941. The number of hydrogen-bond acceptors (Lipinski definition) is 4. The second-order valence-electron chi connectivity index (χ2n) is 6.31. The Kier molecular flexibility index (Phi) is 4.66. The maximum atomic E-state index is 12.2. The summed E-state index contributed by atoms with van der Waals surface area (Å²) in [6, 6.07) is 8.70. The van der Waals surface area contributed by atoms with Gasteiger partial charge in [-0.05, 0) is 17.7 Å². The number of aromatic nitrogens is 2. The van der Waals surface area contributed by atoms with Gasteiger partial charge in [-0.1, -0.05) is 32.9 Å². The second kappa shape index (κ2) is 6.32. The second-order valence-corrected chi connectivity index (χ2v) is 6.31. The molecule has 0 aliphatic rings. The molecule has 0 spiro atoms. The standard InChI is InChI=1S/C17H22N2O3/c1-17(2,3)15-9-16(21)19(11-18-15)10-14(20)12-6-5-7-13(8-12)22-4/h5-9,11,14,20H,10H2,1-4H3. The summed E-state index contributed by atoms with van der Waals surface area (Å²) in [6.45, 7) is 6.17. The van der Waals surface area contributed by atoms with Gasteiger partial charge in [-0.15, -0.1) is 0 Å². The highest BCUT2D eigenvalue weighted by Crippen LogP contribution is 2.21. The van der Waals surface area contributed by atoms with Gasteiger partial charge in [0.05, 0.1) is 31.8 Å². The Bertz CT molecular complexity index is 702. The third-order valence-electron chi connectivity index (χ3n) is 3.50. The van der Waals surface area contributed by atoms with Crippen LogP contribution in [0.5, 0.6) is 5.75 Å². The Morgan fingerprint density at radius 1 is 1.32 bits per heavy atom. The molecule has 5 heteroatoms. The number of hydrogen-bond donors (Lipinski definition) is 1. The highest BCUT2D eigenvalue weighted by Gasteiger charge is 2.17. The summed E-state index contributed by atoms with van der Waals surface area (Å²) in [5.41, 5.74) is 1.10. The van der Waals surface area contributed by atoms with Crippen LogP contribution in [0.3, 0.4) is 0 Å². The van der Waals surface area contributed by atoms with Gasteiger partial charge < -0.3 is 9.84 Å². The van der Waals surface area contributed by atoms with Gasteiger partial charge in [0.2, 0.25) is 0 Å². The lowest BCUT2D eigenvalue weighted by Gasteiger charge is -2.18. The van der Waals surface area contributed by atoms with E-state index in [1.165, 1.54) is 17.0 Å². The molecule has 2 rings (SSSR count). The zero-order valence-electron chi connectivity index (χ0n) is 13.4. The molecular weight excluding hydrogens is 280 g/mol. The summed E-state index contributed by atoms with van der Waals surface area (Å²) in [6.07, 6.45) is 0.696. The summed E-state index contributed by atoms with van der Waals surface area (Å²) >= 11 is 0. The Labute approximate surface area is 130 Å². The molecule has 1 heterocycles. The Morgan fingerprint density at radius 2 is 2.05 bits per heavy atom. The number of rotatable bonds is 4. The molecule has 22 heavy (non-hydrogen) atoms. The number of benzene rings is 1. The molecule has 1 N–H and O–H groups in total. The van der Waals surface area contributed by atoms with Crippen molar-refractivity contribution >= 4 is 0 Å². The first-order valence-corrected chi connectivity index (χ1v) is 7.20. The van der Waals surface area contributed by atoms with Gasteiger partial charge in [-0.25, -0.2) is 4.98 Å². The fourth-order valence-electron chi connectivity index (χ4n) is 2.11. The summed E-state index contributed by atoms with van der Waals surface area (Å²) < 4.78 is 6.56. The first kappa shape index (κ1) is 16.2. The molecule has 0 bridgehead atoms. The number of nitrogens with zero attached hydrogens (tertiary/aromatic N) is 2. The Hall–Kier alpha value is -2.14. The van der Waals surface area contributed by atoms with Crippen LogP contribution < -0.4 is 10.3 Å². The minimum Gasteiger partial charge on any atom is -0.497 e. The lowest BCUT2D eigenvalue weighted by molar-refractivity contribution is 0.154. The van der Waals surface area contributed by atoms with E-state index in [0.717, 1.165) is 5.69 Å². The van der Waals surface area contributed by atoms with E-state index in [2.05, 4.69) is 4.98 Å².